The number of nitrogens with two attached hydrogens (primary N) is 1. The minimum Gasteiger partial charge on any atom is -0.381 e. The van der Waals surface area contributed by atoms with Crippen molar-refractivity contribution in [1.82, 2.24) is 9.62 Å². The molecule has 1 rings (SSSR count). The smallest absolute Gasteiger partial charge is 0.237 e. The average Bonchev–Trinajstić information content (AvgIpc) is 2.45. The normalized spacial score (nSPS) is 19.1. The van der Waals surface area contributed by atoms with Gasteiger partial charge in [-0.2, -0.15) is 0 Å². The van der Waals surface area contributed by atoms with E-state index in [1.165, 1.54) is 0 Å². The summed E-state index contributed by atoms with van der Waals surface area (Å²) in [5.41, 5.74) is 5.65. The summed E-state index contributed by atoms with van der Waals surface area (Å²) in [6, 6.07) is 0.0316. The zero-order chi connectivity index (χ0) is 15.0. The largest absolute Gasteiger partial charge is 0.381 e. The first-order valence-electron chi connectivity index (χ1n) is 7.04. The Balaban J connectivity index is 0.00000400. The summed E-state index contributed by atoms with van der Waals surface area (Å²) < 4.78 is 30.6. The van der Waals surface area contributed by atoms with Crippen molar-refractivity contribution >= 4 is 28.3 Å². The van der Waals surface area contributed by atoms with E-state index in [0.717, 1.165) is 19.3 Å². The molecule has 0 aromatic rings. The summed E-state index contributed by atoms with van der Waals surface area (Å²) in [7, 11) is -3.47. The van der Waals surface area contributed by atoms with Crippen molar-refractivity contribution in [3.8, 4) is 0 Å². The second-order valence-electron chi connectivity index (χ2n) is 4.81. The summed E-state index contributed by atoms with van der Waals surface area (Å²) in [6.45, 7) is 3.28. The molecule has 1 fully saturated rings. The van der Waals surface area contributed by atoms with Gasteiger partial charge in [-0.05, 0) is 26.2 Å². The lowest BCUT2D eigenvalue weighted by Gasteiger charge is -2.35. The van der Waals surface area contributed by atoms with E-state index in [-0.39, 0.29) is 43.3 Å². The number of likely N-dealkylation sites (tertiary alicyclic amines) is 1. The number of sulfonamides is 1. The number of halogens is 1. The number of carbonyl (C=O) groups is 1. The maximum absolute atomic E-state index is 12.1. The Morgan fingerprint density at radius 2 is 2.14 bits per heavy atom. The van der Waals surface area contributed by atoms with Crippen LogP contribution in [0.2, 0.25) is 0 Å². The van der Waals surface area contributed by atoms with Gasteiger partial charge in [0, 0.05) is 25.7 Å². The third-order valence-corrected chi connectivity index (χ3v) is 4.65. The monoisotopic (exact) mass is 343 g/mol. The molecule has 9 heteroatoms. The molecule has 0 aromatic carbocycles. The molecule has 0 radical (unpaired) electrons. The summed E-state index contributed by atoms with van der Waals surface area (Å²) in [4.78, 5) is 13.7. The van der Waals surface area contributed by atoms with Gasteiger partial charge in [-0.25, -0.2) is 13.1 Å². The van der Waals surface area contributed by atoms with Crippen LogP contribution in [-0.2, 0) is 19.6 Å². The Morgan fingerprint density at radius 3 is 2.76 bits per heavy atom. The van der Waals surface area contributed by atoms with E-state index in [2.05, 4.69) is 4.72 Å². The molecule has 1 aliphatic heterocycles. The van der Waals surface area contributed by atoms with E-state index >= 15 is 0 Å². The van der Waals surface area contributed by atoms with Gasteiger partial charge in [0.25, 0.3) is 0 Å². The molecule has 1 amide bonds. The van der Waals surface area contributed by atoms with Crippen LogP contribution in [0.5, 0.6) is 0 Å². The van der Waals surface area contributed by atoms with Gasteiger partial charge >= 0.3 is 0 Å². The van der Waals surface area contributed by atoms with Crippen LogP contribution >= 0.6 is 12.4 Å². The van der Waals surface area contributed by atoms with Crippen molar-refractivity contribution in [2.45, 2.75) is 32.2 Å². The summed E-state index contributed by atoms with van der Waals surface area (Å²) in [6.07, 6.45) is 2.89. The topological polar surface area (TPSA) is 102 Å². The zero-order valence-corrected chi connectivity index (χ0v) is 14.0. The second-order valence-corrected chi connectivity index (χ2v) is 6.74. The molecule has 1 atom stereocenters. The van der Waals surface area contributed by atoms with Crippen molar-refractivity contribution in [1.29, 1.82) is 0 Å². The molecule has 1 saturated heterocycles. The molecule has 0 saturated carbocycles. The minimum absolute atomic E-state index is 0. The quantitative estimate of drug-likeness (QED) is 0.589. The zero-order valence-electron chi connectivity index (χ0n) is 12.4. The van der Waals surface area contributed by atoms with E-state index in [1.807, 2.05) is 0 Å². The van der Waals surface area contributed by atoms with E-state index < -0.39 is 10.0 Å². The first kappa shape index (κ1) is 20.6. The van der Waals surface area contributed by atoms with Gasteiger partial charge < -0.3 is 15.4 Å². The lowest BCUT2D eigenvalue weighted by atomic mass is 10.0. The van der Waals surface area contributed by atoms with Crippen molar-refractivity contribution in [2.75, 3.05) is 38.6 Å². The number of piperidine rings is 1. The highest BCUT2D eigenvalue weighted by Crippen LogP contribution is 2.15. The van der Waals surface area contributed by atoms with E-state index in [1.54, 1.807) is 11.8 Å². The Morgan fingerprint density at radius 1 is 1.43 bits per heavy atom. The van der Waals surface area contributed by atoms with Gasteiger partial charge in [-0.15, -0.1) is 12.4 Å². The van der Waals surface area contributed by atoms with E-state index in [9.17, 15) is 13.2 Å². The molecule has 0 bridgehead atoms. The molecule has 0 aromatic heterocycles. The number of hydrogen-bond acceptors (Lipinski definition) is 5. The Bertz CT molecular complexity index is 405. The first-order valence-corrected chi connectivity index (χ1v) is 8.70. The highest BCUT2D eigenvalue weighted by atomic mass is 35.5. The molecule has 1 heterocycles. The number of rotatable bonds is 8. The van der Waals surface area contributed by atoms with Crippen molar-refractivity contribution in [3.63, 3.8) is 0 Å². The molecule has 1 unspecified atom stereocenters. The molecule has 21 heavy (non-hydrogen) atoms. The average molecular weight is 344 g/mol. The van der Waals surface area contributed by atoms with Crippen LogP contribution < -0.4 is 10.5 Å². The Labute approximate surface area is 133 Å². The predicted molar refractivity (Wildman–Crippen MR) is 83.9 cm³/mol. The van der Waals surface area contributed by atoms with E-state index in [4.69, 9.17) is 10.5 Å². The van der Waals surface area contributed by atoms with Crippen LogP contribution in [0.1, 0.15) is 26.2 Å². The molecule has 0 aliphatic carbocycles. The van der Waals surface area contributed by atoms with Crippen LogP contribution in [-0.4, -0.2) is 63.9 Å². The lowest BCUT2D eigenvalue weighted by molar-refractivity contribution is -0.133. The van der Waals surface area contributed by atoms with Gasteiger partial charge in [0.15, 0.2) is 0 Å². The highest BCUT2D eigenvalue weighted by Gasteiger charge is 2.26. The molecule has 1 aliphatic rings. The number of nitrogens with one attached hydrogen (secondary N) is 1. The van der Waals surface area contributed by atoms with E-state index in [0.29, 0.717) is 19.7 Å². The molecule has 0 spiro atoms. The van der Waals surface area contributed by atoms with Gasteiger partial charge in [-0.3, -0.25) is 4.79 Å². The lowest BCUT2D eigenvalue weighted by Crippen LogP contribution is -2.50. The number of ether oxygens (including phenoxy) is 1. The third-order valence-electron chi connectivity index (χ3n) is 3.36. The van der Waals surface area contributed by atoms with Crippen LogP contribution in [0.4, 0.5) is 0 Å². The summed E-state index contributed by atoms with van der Waals surface area (Å²) in [5, 5.41) is 0. The Hall–Kier alpha value is -0.410. The number of hydrogen-bond donors (Lipinski definition) is 2. The SMILES string of the molecule is CCOCCS(=O)(=O)NCC(=O)N1CCCCC1CN.Cl. The first-order chi connectivity index (χ1) is 9.50. The third kappa shape index (κ3) is 7.42. The molecule has 126 valence electrons. The van der Waals surface area contributed by atoms with Crippen molar-refractivity contribution < 1.29 is 17.9 Å². The van der Waals surface area contributed by atoms with Crippen LogP contribution in [0.15, 0.2) is 0 Å². The minimum atomic E-state index is -3.47. The Kier molecular flexibility index (Phi) is 10.1. The molecular formula is C12H26ClN3O4S. The van der Waals surface area contributed by atoms with Crippen LogP contribution in [0.25, 0.3) is 0 Å². The van der Waals surface area contributed by atoms with Crippen molar-refractivity contribution in [2.24, 2.45) is 5.73 Å². The fourth-order valence-electron chi connectivity index (χ4n) is 2.23. The predicted octanol–water partition coefficient (Wildman–Crippen LogP) is -0.296. The maximum Gasteiger partial charge on any atom is 0.237 e. The highest BCUT2D eigenvalue weighted by molar-refractivity contribution is 7.89. The molecular weight excluding hydrogens is 318 g/mol. The van der Waals surface area contributed by atoms with Crippen LogP contribution in [0.3, 0.4) is 0 Å². The molecule has 7 nitrogen and oxygen atoms in total. The maximum atomic E-state index is 12.1. The van der Waals surface area contributed by atoms with Crippen LogP contribution in [0, 0.1) is 0 Å². The summed E-state index contributed by atoms with van der Waals surface area (Å²) >= 11 is 0. The number of nitrogens with zero attached hydrogens (tertiary/aromatic N) is 1. The fourth-order valence-corrected chi connectivity index (χ4v) is 3.06. The van der Waals surface area contributed by atoms with Gasteiger partial charge in [0.1, 0.15) is 0 Å². The second kappa shape index (κ2) is 10.3. The standard InChI is InChI=1S/C12H25N3O4S.ClH/c1-2-19-7-8-20(17,18)14-10-12(16)15-6-4-3-5-11(15)9-13;/h11,14H,2-10,13H2,1H3;1H. The fraction of sp³-hybridized carbons (Fsp3) is 0.917. The van der Waals surface area contributed by atoms with Gasteiger partial charge in [-0.1, -0.05) is 0 Å². The number of carbonyl (C=O) groups excluding carboxylic acids is 1. The molecule has 3 N–H and O–H groups in total. The van der Waals surface area contributed by atoms with Crippen molar-refractivity contribution in [3.05, 3.63) is 0 Å². The van der Waals surface area contributed by atoms with Gasteiger partial charge in [0.05, 0.1) is 18.9 Å². The van der Waals surface area contributed by atoms with Gasteiger partial charge in [0.2, 0.25) is 15.9 Å². The number of amides is 1. The summed E-state index contributed by atoms with van der Waals surface area (Å²) in [5.74, 6) is -0.339.